The highest BCUT2D eigenvalue weighted by molar-refractivity contribution is 6.30. The van der Waals surface area contributed by atoms with Crippen molar-refractivity contribution in [2.75, 3.05) is 0 Å². The summed E-state index contributed by atoms with van der Waals surface area (Å²) >= 11 is 5.98. The molecule has 2 aromatic rings. The SMILES string of the molecule is CC(C)(C)OC(=O)NCc1ccc(C2CC2)c(C(O)C2CCC(c3ccc(F)c(Cl)c3)CC2)n1. The normalized spacial score (nSPS) is 21.7. The Kier molecular flexibility index (Phi) is 7.48. The molecule has 1 amide bonds. The van der Waals surface area contributed by atoms with Crippen LogP contribution in [0.4, 0.5) is 9.18 Å². The Morgan fingerprint density at radius 2 is 1.82 bits per heavy atom. The molecule has 1 aromatic carbocycles. The third kappa shape index (κ3) is 6.28. The number of hydrogen-bond acceptors (Lipinski definition) is 4. The molecule has 0 spiro atoms. The topological polar surface area (TPSA) is 71.5 Å². The highest BCUT2D eigenvalue weighted by atomic mass is 35.5. The van der Waals surface area contributed by atoms with Crippen LogP contribution in [-0.4, -0.2) is 21.8 Å². The smallest absolute Gasteiger partial charge is 0.407 e. The lowest BCUT2D eigenvalue weighted by atomic mass is 9.75. The average molecular weight is 489 g/mol. The lowest BCUT2D eigenvalue weighted by molar-refractivity contribution is 0.0522. The molecule has 7 heteroatoms. The monoisotopic (exact) mass is 488 g/mol. The first kappa shape index (κ1) is 24.9. The summed E-state index contributed by atoms with van der Waals surface area (Å²) in [7, 11) is 0. The van der Waals surface area contributed by atoms with Gasteiger partial charge in [0.25, 0.3) is 0 Å². The van der Waals surface area contributed by atoms with E-state index in [9.17, 15) is 14.3 Å². The predicted octanol–water partition coefficient (Wildman–Crippen LogP) is 6.78. The van der Waals surface area contributed by atoms with Crippen molar-refractivity contribution in [3.05, 3.63) is 63.7 Å². The minimum atomic E-state index is -0.644. The number of pyridine rings is 1. The molecule has 2 aliphatic carbocycles. The van der Waals surface area contributed by atoms with Gasteiger partial charge in [0.15, 0.2) is 0 Å². The molecule has 1 aromatic heterocycles. The van der Waals surface area contributed by atoms with Gasteiger partial charge >= 0.3 is 6.09 Å². The third-order valence-corrected chi connectivity index (χ3v) is 7.05. The summed E-state index contributed by atoms with van der Waals surface area (Å²) in [6.45, 7) is 5.72. The summed E-state index contributed by atoms with van der Waals surface area (Å²) in [5.74, 6) is 0.505. The van der Waals surface area contributed by atoms with Crippen molar-refractivity contribution in [2.24, 2.45) is 5.92 Å². The van der Waals surface area contributed by atoms with Gasteiger partial charge in [-0.3, -0.25) is 4.98 Å². The second-order valence-electron chi connectivity index (χ2n) is 10.6. The van der Waals surface area contributed by atoms with Gasteiger partial charge in [-0.25, -0.2) is 9.18 Å². The van der Waals surface area contributed by atoms with Crippen LogP contribution >= 0.6 is 11.6 Å². The molecule has 1 heterocycles. The summed E-state index contributed by atoms with van der Waals surface area (Å²) in [4.78, 5) is 16.8. The van der Waals surface area contributed by atoms with Crippen molar-refractivity contribution in [3.63, 3.8) is 0 Å². The fourth-order valence-corrected chi connectivity index (χ4v) is 5.03. The van der Waals surface area contributed by atoms with E-state index < -0.39 is 23.6 Å². The molecule has 5 nitrogen and oxygen atoms in total. The van der Waals surface area contributed by atoms with Gasteiger partial charge in [0.1, 0.15) is 11.4 Å². The van der Waals surface area contributed by atoms with Crippen LogP contribution in [-0.2, 0) is 11.3 Å². The van der Waals surface area contributed by atoms with Crippen molar-refractivity contribution in [1.82, 2.24) is 10.3 Å². The minimum absolute atomic E-state index is 0.117. The fraction of sp³-hybridized carbons (Fsp3) is 0.556. The van der Waals surface area contributed by atoms with E-state index in [2.05, 4.69) is 11.4 Å². The van der Waals surface area contributed by atoms with Crippen molar-refractivity contribution in [1.29, 1.82) is 0 Å². The van der Waals surface area contributed by atoms with Gasteiger partial charge in [0.05, 0.1) is 29.1 Å². The predicted molar refractivity (Wildman–Crippen MR) is 130 cm³/mol. The highest BCUT2D eigenvalue weighted by Gasteiger charge is 2.34. The lowest BCUT2D eigenvalue weighted by Crippen LogP contribution is -2.32. The molecule has 0 aliphatic heterocycles. The standard InChI is InChI=1S/C27H34ClFN2O3/c1-27(2,3)34-26(33)30-15-20-11-12-21(17-6-7-17)24(31-20)25(32)18-8-4-16(5-9-18)19-10-13-23(29)22(28)14-19/h10-14,16-18,25,32H,4-9,15H2,1-3H3,(H,30,33). The molecule has 1 atom stereocenters. The van der Waals surface area contributed by atoms with E-state index in [0.29, 0.717) is 17.5 Å². The average Bonchev–Trinajstić information content (AvgIpc) is 3.63. The maximum absolute atomic E-state index is 13.5. The number of ether oxygens (including phenoxy) is 1. The number of carbonyl (C=O) groups is 1. The van der Waals surface area contributed by atoms with Crippen LogP contribution in [0.25, 0.3) is 0 Å². The number of halogens is 2. The molecule has 34 heavy (non-hydrogen) atoms. The van der Waals surface area contributed by atoms with Gasteiger partial charge in [-0.15, -0.1) is 0 Å². The molecule has 2 aliphatic rings. The summed E-state index contributed by atoms with van der Waals surface area (Å²) in [5.41, 5.74) is 3.08. The molecule has 2 fully saturated rings. The number of rotatable bonds is 6. The molecular formula is C27H34ClFN2O3. The van der Waals surface area contributed by atoms with Crippen molar-refractivity contribution in [2.45, 2.75) is 89.4 Å². The van der Waals surface area contributed by atoms with E-state index in [1.54, 1.807) is 6.07 Å². The number of amides is 1. The number of alkyl carbamates (subject to hydrolysis) is 1. The van der Waals surface area contributed by atoms with E-state index >= 15 is 0 Å². The number of aliphatic hydroxyl groups excluding tert-OH is 1. The molecule has 1 unspecified atom stereocenters. The Balaban J connectivity index is 1.42. The van der Waals surface area contributed by atoms with Gasteiger partial charge in [-0.1, -0.05) is 23.7 Å². The number of aliphatic hydroxyl groups is 1. The first-order chi connectivity index (χ1) is 16.1. The first-order valence-corrected chi connectivity index (χ1v) is 12.6. The van der Waals surface area contributed by atoms with E-state index in [1.807, 2.05) is 32.9 Å². The third-order valence-electron chi connectivity index (χ3n) is 6.76. The Bertz CT molecular complexity index is 1030. The lowest BCUT2D eigenvalue weighted by Gasteiger charge is -2.32. The Morgan fingerprint density at radius 1 is 1.15 bits per heavy atom. The number of carbonyl (C=O) groups excluding carboxylic acids is 1. The van der Waals surface area contributed by atoms with E-state index in [0.717, 1.165) is 55.3 Å². The molecule has 2 N–H and O–H groups in total. The fourth-order valence-electron chi connectivity index (χ4n) is 4.84. The maximum Gasteiger partial charge on any atom is 0.407 e. The van der Waals surface area contributed by atoms with Crippen LogP contribution < -0.4 is 5.32 Å². The number of hydrogen-bond donors (Lipinski definition) is 2. The van der Waals surface area contributed by atoms with Crippen LogP contribution in [0.15, 0.2) is 30.3 Å². The van der Waals surface area contributed by atoms with E-state index in [-0.39, 0.29) is 17.5 Å². The van der Waals surface area contributed by atoms with Gasteiger partial charge in [-0.05, 0) is 106 Å². The van der Waals surface area contributed by atoms with E-state index in [1.165, 1.54) is 6.07 Å². The number of benzene rings is 1. The Morgan fingerprint density at radius 3 is 2.44 bits per heavy atom. The molecule has 0 bridgehead atoms. The zero-order chi connectivity index (χ0) is 24.5. The van der Waals surface area contributed by atoms with Crippen LogP contribution in [0.3, 0.4) is 0 Å². The summed E-state index contributed by atoms with van der Waals surface area (Å²) in [6.07, 6.45) is 4.69. The van der Waals surface area contributed by atoms with E-state index in [4.69, 9.17) is 21.3 Å². The molecule has 0 radical (unpaired) electrons. The first-order valence-electron chi connectivity index (χ1n) is 12.2. The maximum atomic E-state index is 13.5. The number of aromatic nitrogens is 1. The molecule has 4 rings (SSSR count). The minimum Gasteiger partial charge on any atom is -0.444 e. The Hall–Kier alpha value is -2.18. The molecular weight excluding hydrogens is 455 g/mol. The van der Waals surface area contributed by atoms with Crippen molar-refractivity contribution >= 4 is 17.7 Å². The van der Waals surface area contributed by atoms with Crippen LogP contribution in [0, 0.1) is 11.7 Å². The zero-order valence-corrected chi connectivity index (χ0v) is 20.9. The largest absolute Gasteiger partial charge is 0.444 e. The zero-order valence-electron chi connectivity index (χ0n) is 20.1. The number of nitrogens with zero attached hydrogens (tertiary/aromatic N) is 1. The van der Waals surface area contributed by atoms with Gasteiger partial charge in [0, 0.05) is 0 Å². The second-order valence-corrected chi connectivity index (χ2v) is 11.0. The molecule has 184 valence electrons. The molecule has 0 saturated heterocycles. The van der Waals surface area contributed by atoms with Gasteiger partial charge < -0.3 is 15.2 Å². The highest BCUT2D eigenvalue weighted by Crippen LogP contribution is 2.46. The quantitative estimate of drug-likeness (QED) is 0.470. The second kappa shape index (κ2) is 10.2. The number of nitrogens with one attached hydrogen (secondary N) is 1. The Labute approximate surface area is 206 Å². The van der Waals surface area contributed by atoms with Crippen molar-refractivity contribution < 1.29 is 19.0 Å². The van der Waals surface area contributed by atoms with Gasteiger partial charge in [-0.2, -0.15) is 0 Å². The van der Waals surface area contributed by atoms with Crippen LogP contribution in [0.2, 0.25) is 5.02 Å². The van der Waals surface area contributed by atoms with Gasteiger partial charge in [0.2, 0.25) is 0 Å². The summed E-state index contributed by atoms with van der Waals surface area (Å²) in [5, 5.41) is 14.3. The molecule has 2 saturated carbocycles. The van der Waals surface area contributed by atoms with Crippen LogP contribution in [0.1, 0.15) is 99.8 Å². The summed E-state index contributed by atoms with van der Waals surface area (Å²) < 4.78 is 18.8. The van der Waals surface area contributed by atoms with Crippen LogP contribution in [0.5, 0.6) is 0 Å². The summed E-state index contributed by atoms with van der Waals surface area (Å²) in [6, 6.07) is 8.96. The van der Waals surface area contributed by atoms with Crippen molar-refractivity contribution in [3.8, 4) is 0 Å².